The number of carbonyl (C=O) groups excluding carboxylic acids is 2. The van der Waals surface area contributed by atoms with Gasteiger partial charge in [-0.3, -0.25) is 9.59 Å². The van der Waals surface area contributed by atoms with Crippen LogP contribution < -0.4 is 33.7 Å². The summed E-state index contributed by atoms with van der Waals surface area (Å²) in [5.41, 5.74) is 4.66. The molecule has 0 unspecified atom stereocenters. The van der Waals surface area contributed by atoms with Crippen LogP contribution in [0.2, 0.25) is 0 Å². The molecule has 3 aromatic carbocycles. The smallest absolute Gasteiger partial charge is 0.246 e. The molecule has 238 valence electrons. The van der Waals surface area contributed by atoms with Crippen molar-refractivity contribution in [2.75, 3.05) is 42.7 Å². The maximum atomic E-state index is 14.6. The third kappa shape index (κ3) is 5.38. The molecule has 2 aliphatic rings. The van der Waals surface area contributed by atoms with Crippen molar-refractivity contribution in [1.29, 1.82) is 0 Å². The Morgan fingerprint density at radius 1 is 0.800 bits per heavy atom. The van der Waals surface area contributed by atoms with E-state index in [0.29, 0.717) is 40.1 Å². The maximum Gasteiger partial charge on any atom is 0.246 e. The van der Waals surface area contributed by atoms with E-state index in [1.165, 1.54) is 0 Å². The monoisotopic (exact) mass is 616 g/mol. The molecule has 10 heteroatoms. The minimum atomic E-state index is -0.866. The fourth-order valence-corrected chi connectivity index (χ4v) is 6.74. The number of amides is 2. The number of rotatable bonds is 10. The molecule has 3 aromatic rings. The van der Waals surface area contributed by atoms with E-state index in [2.05, 4.69) is 5.32 Å². The molecule has 3 atom stereocenters. The minimum absolute atomic E-state index is 0.178. The summed E-state index contributed by atoms with van der Waals surface area (Å²) in [5, 5.41) is 3.00. The van der Waals surface area contributed by atoms with Crippen LogP contribution in [0.15, 0.2) is 42.5 Å². The number of benzene rings is 3. The number of hydrogen-bond donors (Lipinski definition) is 1. The highest BCUT2D eigenvalue weighted by Crippen LogP contribution is 2.52. The van der Waals surface area contributed by atoms with Crippen LogP contribution in [-0.2, 0) is 22.4 Å². The Morgan fingerprint density at radius 3 is 2.02 bits per heavy atom. The number of fused-ring (bicyclic) bond motifs is 2. The van der Waals surface area contributed by atoms with Gasteiger partial charge in [-0.1, -0.05) is 42.5 Å². The van der Waals surface area contributed by atoms with E-state index in [9.17, 15) is 9.59 Å². The average molecular weight is 617 g/mol. The molecule has 1 saturated heterocycles. The molecule has 2 heterocycles. The van der Waals surface area contributed by atoms with Gasteiger partial charge in [0.25, 0.3) is 0 Å². The first-order valence-electron chi connectivity index (χ1n) is 14.7. The van der Waals surface area contributed by atoms with Crippen LogP contribution in [0.5, 0.6) is 34.5 Å². The molecule has 1 fully saturated rings. The van der Waals surface area contributed by atoms with Gasteiger partial charge >= 0.3 is 0 Å². The Bertz CT molecular complexity index is 1640. The van der Waals surface area contributed by atoms with Crippen molar-refractivity contribution in [2.45, 2.75) is 44.8 Å². The zero-order valence-corrected chi connectivity index (χ0v) is 27.0. The molecule has 0 radical (unpaired) electrons. The highest BCUT2D eigenvalue weighted by Gasteiger charge is 2.49. The Hall–Kier alpha value is -4.86. The summed E-state index contributed by atoms with van der Waals surface area (Å²) in [4.78, 5) is 30.1. The molecule has 45 heavy (non-hydrogen) atoms. The molecule has 5 rings (SSSR count). The molecule has 1 N–H and O–H groups in total. The van der Waals surface area contributed by atoms with Gasteiger partial charge in [-0.05, 0) is 25.5 Å². The predicted molar refractivity (Wildman–Crippen MR) is 170 cm³/mol. The fourth-order valence-electron chi connectivity index (χ4n) is 6.74. The van der Waals surface area contributed by atoms with E-state index in [1.807, 2.05) is 56.3 Å². The van der Waals surface area contributed by atoms with E-state index in [0.717, 1.165) is 27.8 Å². The SMILES string of the molecule is COc1cc(C[C@@H]2NC(=O)[C@@H]3Cc4c(OC)c(C)c(OC)c(OC)c4[C@H](/C=C/c4ccccc4)N3C2=O)c(OC)c(C)c1OC. The van der Waals surface area contributed by atoms with Gasteiger partial charge in [-0.15, -0.1) is 0 Å². The standard InChI is InChI=1S/C35H40N2O8/c1-19-29(41-4)22(17-27(40-3)31(19)43-6)16-24-35(39)37-25(15-14-21-12-10-9-11-13-21)28-23(18-26(37)34(38)36-24)30(42-5)20(2)32(44-7)33(28)45-8/h9-15,17,24-26H,16,18H2,1-8H3,(H,36,38)/b15-14+/t24-,25-,26-/m0/s1. The molecular weight excluding hydrogens is 576 g/mol. The second kappa shape index (κ2) is 13.0. The second-order valence-electron chi connectivity index (χ2n) is 11.0. The van der Waals surface area contributed by atoms with Crippen molar-refractivity contribution in [3.8, 4) is 34.5 Å². The molecule has 2 aliphatic heterocycles. The van der Waals surface area contributed by atoms with Crippen molar-refractivity contribution >= 4 is 17.9 Å². The van der Waals surface area contributed by atoms with Gasteiger partial charge in [0.05, 0.1) is 48.7 Å². The number of methoxy groups -OCH3 is 6. The Balaban J connectivity index is 1.66. The van der Waals surface area contributed by atoms with Gasteiger partial charge < -0.3 is 38.6 Å². The van der Waals surface area contributed by atoms with Crippen LogP contribution >= 0.6 is 0 Å². The zero-order chi connectivity index (χ0) is 32.4. The summed E-state index contributed by atoms with van der Waals surface area (Å²) in [6.07, 6.45) is 4.31. The van der Waals surface area contributed by atoms with Crippen molar-refractivity contribution in [1.82, 2.24) is 10.2 Å². The lowest BCUT2D eigenvalue weighted by Crippen LogP contribution is -2.66. The van der Waals surface area contributed by atoms with Gasteiger partial charge in [0, 0.05) is 40.7 Å². The maximum absolute atomic E-state index is 14.6. The molecule has 0 bridgehead atoms. The fraction of sp³-hybridized carbons (Fsp3) is 0.371. The minimum Gasteiger partial charge on any atom is -0.496 e. The van der Waals surface area contributed by atoms with Crippen molar-refractivity contribution < 1.29 is 38.0 Å². The van der Waals surface area contributed by atoms with Gasteiger partial charge in [-0.2, -0.15) is 0 Å². The number of piperazine rings is 1. The lowest BCUT2D eigenvalue weighted by Gasteiger charge is -2.47. The molecule has 0 aromatic heterocycles. The molecular formula is C35H40N2O8. The van der Waals surface area contributed by atoms with E-state index >= 15 is 0 Å². The number of hydrogen-bond acceptors (Lipinski definition) is 8. The third-order valence-corrected chi connectivity index (χ3v) is 8.67. The van der Waals surface area contributed by atoms with E-state index in [1.54, 1.807) is 53.6 Å². The summed E-state index contributed by atoms with van der Waals surface area (Å²) >= 11 is 0. The molecule has 10 nitrogen and oxygen atoms in total. The Kier molecular flexibility index (Phi) is 9.13. The third-order valence-electron chi connectivity index (χ3n) is 8.67. The number of ether oxygens (including phenoxy) is 6. The molecule has 0 aliphatic carbocycles. The normalized spacial score (nSPS) is 19.0. The molecule has 2 amide bonds. The molecule has 0 spiro atoms. The predicted octanol–water partition coefficient (Wildman–Crippen LogP) is 4.60. The summed E-state index contributed by atoms with van der Waals surface area (Å²) < 4.78 is 34.5. The van der Waals surface area contributed by atoms with Gasteiger partial charge in [0.15, 0.2) is 23.0 Å². The quantitative estimate of drug-likeness (QED) is 0.353. The number of carbonyl (C=O) groups is 2. The van der Waals surface area contributed by atoms with Crippen molar-refractivity contribution in [2.24, 2.45) is 0 Å². The van der Waals surface area contributed by atoms with Crippen LogP contribution in [0.1, 0.15) is 39.4 Å². The van der Waals surface area contributed by atoms with E-state index in [-0.39, 0.29) is 24.7 Å². The van der Waals surface area contributed by atoms with Crippen LogP contribution in [0.25, 0.3) is 6.08 Å². The Morgan fingerprint density at radius 2 is 1.42 bits per heavy atom. The second-order valence-corrected chi connectivity index (χ2v) is 11.0. The first kappa shape index (κ1) is 31.6. The summed E-state index contributed by atoms with van der Waals surface area (Å²) in [6.45, 7) is 3.75. The lowest BCUT2D eigenvalue weighted by atomic mass is 9.82. The van der Waals surface area contributed by atoms with E-state index < -0.39 is 18.1 Å². The van der Waals surface area contributed by atoms with E-state index in [4.69, 9.17) is 28.4 Å². The highest BCUT2D eigenvalue weighted by atomic mass is 16.5. The van der Waals surface area contributed by atoms with Crippen molar-refractivity contribution in [3.05, 3.63) is 75.9 Å². The first-order valence-corrected chi connectivity index (χ1v) is 14.7. The van der Waals surface area contributed by atoms with Gasteiger partial charge in [0.2, 0.25) is 11.8 Å². The highest BCUT2D eigenvalue weighted by molar-refractivity contribution is 5.98. The number of nitrogens with one attached hydrogen (secondary N) is 1. The summed E-state index contributed by atoms with van der Waals surface area (Å²) in [7, 11) is 9.43. The van der Waals surface area contributed by atoms with Crippen LogP contribution in [-0.4, -0.2) is 71.5 Å². The summed E-state index contributed by atoms with van der Waals surface area (Å²) in [5.74, 6) is 2.74. The number of nitrogens with zero attached hydrogens (tertiary/aromatic N) is 1. The van der Waals surface area contributed by atoms with Crippen LogP contribution in [0.4, 0.5) is 0 Å². The van der Waals surface area contributed by atoms with Crippen LogP contribution in [0.3, 0.4) is 0 Å². The van der Waals surface area contributed by atoms with Crippen molar-refractivity contribution in [3.63, 3.8) is 0 Å². The first-order chi connectivity index (χ1) is 21.7. The lowest BCUT2D eigenvalue weighted by molar-refractivity contribution is -0.152. The topological polar surface area (TPSA) is 105 Å². The van der Waals surface area contributed by atoms with Gasteiger partial charge in [-0.25, -0.2) is 0 Å². The Labute approximate surface area is 263 Å². The largest absolute Gasteiger partial charge is 0.496 e. The molecule has 0 saturated carbocycles. The zero-order valence-electron chi connectivity index (χ0n) is 27.0. The summed E-state index contributed by atoms with van der Waals surface area (Å²) in [6, 6.07) is 9.28. The van der Waals surface area contributed by atoms with Gasteiger partial charge in [0.1, 0.15) is 23.6 Å². The van der Waals surface area contributed by atoms with Crippen LogP contribution in [0, 0.1) is 13.8 Å². The average Bonchev–Trinajstić information content (AvgIpc) is 3.05.